The SMILES string of the molecule is Nc1c(C2CC2)c([C@@H]2C[C@H]3CC[C@@H](C2)N3C(=O)CO)nc2c(-c3ccc(-c4cccc(F)c4)nc3)cnn12. The van der Waals surface area contributed by atoms with Crippen molar-refractivity contribution in [3.8, 4) is 22.4 Å². The molecule has 3 atom stereocenters. The number of piperidine rings is 1. The van der Waals surface area contributed by atoms with Crippen LogP contribution in [-0.4, -0.2) is 54.2 Å². The van der Waals surface area contributed by atoms with Crippen LogP contribution in [0.4, 0.5) is 10.2 Å². The van der Waals surface area contributed by atoms with Gasteiger partial charge in [0.25, 0.3) is 0 Å². The van der Waals surface area contributed by atoms with Gasteiger partial charge in [0.1, 0.15) is 18.2 Å². The summed E-state index contributed by atoms with van der Waals surface area (Å²) in [6.07, 6.45) is 9.33. The second kappa shape index (κ2) is 8.87. The fraction of sp³-hybridized carbons (Fsp3) is 0.379. The molecule has 7 rings (SSSR count). The van der Waals surface area contributed by atoms with E-state index >= 15 is 0 Å². The van der Waals surface area contributed by atoms with E-state index in [0.29, 0.717) is 23.1 Å². The lowest BCUT2D eigenvalue weighted by Crippen LogP contribution is -2.47. The molecule has 3 N–H and O–H groups in total. The van der Waals surface area contributed by atoms with E-state index in [9.17, 15) is 14.3 Å². The molecule has 2 bridgehead atoms. The fourth-order valence-corrected chi connectivity index (χ4v) is 6.61. The summed E-state index contributed by atoms with van der Waals surface area (Å²) in [5.74, 6) is 0.776. The van der Waals surface area contributed by atoms with Crippen molar-refractivity contribution in [1.82, 2.24) is 24.5 Å². The predicted octanol–water partition coefficient (Wildman–Crippen LogP) is 4.29. The zero-order chi connectivity index (χ0) is 26.0. The monoisotopic (exact) mass is 512 g/mol. The van der Waals surface area contributed by atoms with Gasteiger partial charge in [-0.3, -0.25) is 9.78 Å². The van der Waals surface area contributed by atoms with Gasteiger partial charge in [-0.25, -0.2) is 9.37 Å². The molecule has 0 radical (unpaired) electrons. The summed E-state index contributed by atoms with van der Waals surface area (Å²) in [5, 5.41) is 14.1. The van der Waals surface area contributed by atoms with Crippen molar-refractivity contribution < 1.29 is 14.3 Å². The van der Waals surface area contributed by atoms with Crippen molar-refractivity contribution in [3.63, 3.8) is 0 Å². The first-order chi connectivity index (χ1) is 18.5. The molecular weight excluding hydrogens is 483 g/mol. The second-order valence-corrected chi connectivity index (χ2v) is 10.8. The Hall–Kier alpha value is -3.85. The van der Waals surface area contributed by atoms with Crippen LogP contribution in [0.2, 0.25) is 0 Å². The highest BCUT2D eigenvalue weighted by Gasteiger charge is 2.45. The number of nitrogens with two attached hydrogens (primary N) is 1. The first kappa shape index (κ1) is 23.3. The van der Waals surface area contributed by atoms with E-state index in [-0.39, 0.29) is 29.7 Å². The number of benzene rings is 1. The average molecular weight is 513 g/mol. The number of hydrogen-bond acceptors (Lipinski definition) is 6. The van der Waals surface area contributed by atoms with E-state index in [1.54, 1.807) is 23.0 Å². The van der Waals surface area contributed by atoms with Gasteiger partial charge in [-0.1, -0.05) is 18.2 Å². The van der Waals surface area contributed by atoms with E-state index in [1.807, 2.05) is 23.1 Å². The quantitative estimate of drug-likeness (QED) is 0.413. The van der Waals surface area contributed by atoms with E-state index in [1.165, 1.54) is 12.1 Å². The highest BCUT2D eigenvalue weighted by Crippen LogP contribution is 2.50. The van der Waals surface area contributed by atoms with Crippen LogP contribution >= 0.6 is 0 Å². The van der Waals surface area contributed by atoms with Crippen LogP contribution in [0.25, 0.3) is 28.0 Å². The van der Waals surface area contributed by atoms with Crippen molar-refractivity contribution in [3.05, 3.63) is 65.9 Å². The van der Waals surface area contributed by atoms with Crippen molar-refractivity contribution in [1.29, 1.82) is 0 Å². The van der Waals surface area contributed by atoms with Gasteiger partial charge in [0.2, 0.25) is 5.91 Å². The summed E-state index contributed by atoms with van der Waals surface area (Å²) < 4.78 is 15.4. The number of aliphatic hydroxyl groups excluding tert-OH is 1. The molecule has 38 heavy (non-hydrogen) atoms. The summed E-state index contributed by atoms with van der Waals surface area (Å²) in [4.78, 5) is 24.1. The van der Waals surface area contributed by atoms with Crippen LogP contribution in [0.15, 0.2) is 48.8 Å². The minimum absolute atomic E-state index is 0.133. The molecule has 3 aromatic heterocycles. The van der Waals surface area contributed by atoms with Gasteiger partial charge in [0.15, 0.2) is 5.65 Å². The molecular formula is C29H29FN6O2. The molecule has 0 spiro atoms. The van der Waals surface area contributed by atoms with Crippen LogP contribution in [0.5, 0.6) is 0 Å². The molecule has 8 nitrogen and oxygen atoms in total. The molecule has 1 amide bonds. The second-order valence-electron chi connectivity index (χ2n) is 10.8. The molecule has 194 valence electrons. The number of aromatic nitrogens is 4. The zero-order valence-electron chi connectivity index (χ0n) is 20.9. The molecule has 9 heteroatoms. The molecule has 2 aliphatic heterocycles. The van der Waals surface area contributed by atoms with Gasteiger partial charge in [-0.15, -0.1) is 0 Å². The number of pyridine rings is 1. The number of nitrogens with zero attached hydrogens (tertiary/aromatic N) is 5. The van der Waals surface area contributed by atoms with Gasteiger partial charge in [-0.05, 0) is 62.6 Å². The lowest BCUT2D eigenvalue weighted by molar-refractivity contribution is -0.138. The molecule has 2 saturated heterocycles. The van der Waals surface area contributed by atoms with E-state index in [0.717, 1.165) is 66.5 Å². The van der Waals surface area contributed by atoms with Gasteiger partial charge in [0.05, 0.1) is 17.6 Å². The third-order valence-electron chi connectivity index (χ3n) is 8.47. The number of carbonyl (C=O) groups is 1. The number of fused-ring (bicyclic) bond motifs is 3. The van der Waals surface area contributed by atoms with Crippen LogP contribution < -0.4 is 5.73 Å². The lowest BCUT2D eigenvalue weighted by Gasteiger charge is -2.39. The maximum absolute atomic E-state index is 13.7. The smallest absolute Gasteiger partial charge is 0.248 e. The van der Waals surface area contributed by atoms with Gasteiger partial charge >= 0.3 is 0 Å². The normalized spacial score (nSPS) is 22.8. The molecule has 1 aromatic carbocycles. The minimum Gasteiger partial charge on any atom is -0.387 e. The summed E-state index contributed by atoms with van der Waals surface area (Å²) in [7, 11) is 0. The summed E-state index contributed by atoms with van der Waals surface area (Å²) in [6, 6.07) is 10.5. The van der Waals surface area contributed by atoms with Gasteiger partial charge in [0, 0.05) is 46.5 Å². The third kappa shape index (κ3) is 3.75. The van der Waals surface area contributed by atoms with Crippen LogP contribution in [-0.2, 0) is 4.79 Å². The number of aliphatic hydroxyl groups is 1. The van der Waals surface area contributed by atoms with E-state index < -0.39 is 6.61 Å². The summed E-state index contributed by atoms with van der Waals surface area (Å²) in [5.41, 5.74) is 12.7. The van der Waals surface area contributed by atoms with Crippen LogP contribution in [0.3, 0.4) is 0 Å². The fourth-order valence-electron chi connectivity index (χ4n) is 6.61. The molecule has 1 aliphatic carbocycles. The first-order valence-electron chi connectivity index (χ1n) is 13.3. The Labute approximate surface area is 219 Å². The number of hydrogen-bond donors (Lipinski definition) is 2. The zero-order valence-corrected chi connectivity index (χ0v) is 20.9. The predicted molar refractivity (Wildman–Crippen MR) is 141 cm³/mol. The van der Waals surface area contributed by atoms with Crippen LogP contribution in [0.1, 0.15) is 61.6 Å². The number of carbonyl (C=O) groups excluding carboxylic acids is 1. The number of anilines is 1. The van der Waals surface area contributed by atoms with Crippen molar-refractivity contribution in [2.45, 2.75) is 62.4 Å². The Morgan fingerprint density at radius 1 is 1.03 bits per heavy atom. The molecule has 5 heterocycles. The number of halogens is 1. The van der Waals surface area contributed by atoms with E-state index in [2.05, 4.69) is 10.1 Å². The Morgan fingerprint density at radius 3 is 2.47 bits per heavy atom. The van der Waals surface area contributed by atoms with Crippen molar-refractivity contribution in [2.24, 2.45) is 0 Å². The van der Waals surface area contributed by atoms with Crippen LogP contribution in [0, 0.1) is 5.82 Å². The first-order valence-corrected chi connectivity index (χ1v) is 13.3. The average Bonchev–Trinajstić information content (AvgIpc) is 3.62. The summed E-state index contributed by atoms with van der Waals surface area (Å²) in [6.45, 7) is -0.437. The standard InChI is InChI=1S/C29H29FN6O2/c30-20-3-1-2-17(10-20)24-9-6-18(13-32-24)23-14-33-36-28(31)26(16-4-5-16)27(34-29(23)36)19-11-21-7-8-22(12-19)35(21)25(38)15-37/h1-3,6,9-10,13-14,16,19,21-22,37H,4-5,7-8,11-12,15,31H2/t19-,21-,22+. The van der Waals surface area contributed by atoms with Gasteiger partial charge in [-0.2, -0.15) is 9.61 Å². The maximum Gasteiger partial charge on any atom is 0.248 e. The summed E-state index contributed by atoms with van der Waals surface area (Å²) >= 11 is 0. The molecule has 4 aromatic rings. The van der Waals surface area contributed by atoms with Gasteiger partial charge < -0.3 is 15.7 Å². The van der Waals surface area contributed by atoms with Crippen molar-refractivity contribution in [2.75, 3.05) is 12.3 Å². The Morgan fingerprint density at radius 2 is 1.82 bits per heavy atom. The lowest BCUT2D eigenvalue weighted by atomic mass is 9.85. The Balaban J connectivity index is 1.28. The third-order valence-corrected chi connectivity index (χ3v) is 8.47. The van der Waals surface area contributed by atoms with E-state index in [4.69, 9.17) is 10.7 Å². The minimum atomic E-state index is -0.437. The molecule has 3 fully saturated rings. The molecule has 3 aliphatic rings. The molecule has 1 saturated carbocycles. The highest BCUT2D eigenvalue weighted by molar-refractivity contribution is 5.80. The largest absolute Gasteiger partial charge is 0.387 e. The number of nitrogen functional groups attached to an aromatic ring is 1. The Bertz CT molecular complexity index is 1530. The number of rotatable bonds is 5. The topological polar surface area (TPSA) is 110 Å². The molecule has 0 unspecified atom stereocenters. The Kier molecular flexibility index (Phi) is 5.43. The highest BCUT2D eigenvalue weighted by atomic mass is 19.1. The number of amides is 1. The van der Waals surface area contributed by atoms with Crippen molar-refractivity contribution >= 4 is 17.4 Å². The maximum atomic E-state index is 13.7.